The molecule has 116 valence electrons. The largest absolute Gasteiger partial charge is 0.345 e. The molecule has 0 N–H and O–H groups in total. The molecule has 0 spiro atoms. The van der Waals surface area contributed by atoms with E-state index in [4.69, 9.17) is 0 Å². The summed E-state index contributed by atoms with van der Waals surface area (Å²) in [6, 6.07) is 0. The zero-order valence-corrected chi connectivity index (χ0v) is 12.6. The fourth-order valence-electron chi connectivity index (χ4n) is 3.62. The number of hydrogen-bond acceptors (Lipinski definition) is 3. The van der Waals surface area contributed by atoms with Gasteiger partial charge in [-0.1, -0.05) is 0 Å². The first kappa shape index (κ1) is 14.4. The summed E-state index contributed by atoms with van der Waals surface area (Å²) in [5.74, 6) is 0.703. The van der Waals surface area contributed by atoms with Gasteiger partial charge in [0.15, 0.2) is 0 Å². The summed E-state index contributed by atoms with van der Waals surface area (Å²) in [6.45, 7) is 3.51. The monoisotopic (exact) mass is 293 g/mol. The number of carbonyl (C=O) groups is 3. The number of nitrogens with zero attached hydrogens (tertiary/aromatic N) is 3. The molecule has 3 aliphatic heterocycles. The van der Waals surface area contributed by atoms with Crippen molar-refractivity contribution in [1.29, 1.82) is 0 Å². The number of rotatable bonds is 4. The number of carbonyl (C=O) groups excluding carboxylic acids is 3. The number of piperidine rings is 1. The van der Waals surface area contributed by atoms with Crippen LogP contribution in [-0.4, -0.2) is 72.2 Å². The summed E-state index contributed by atoms with van der Waals surface area (Å²) in [6.07, 6.45) is 3.22. The van der Waals surface area contributed by atoms with Crippen LogP contribution in [0.5, 0.6) is 0 Å². The van der Waals surface area contributed by atoms with Crippen molar-refractivity contribution in [2.45, 2.75) is 25.7 Å². The maximum absolute atomic E-state index is 12.1. The predicted molar refractivity (Wildman–Crippen MR) is 76.2 cm³/mol. The van der Waals surface area contributed by atoms with E-state index in [0.717, 1.165) is 25.9 Å². The van der Waals surface area contributed by atoms with Crippen molar-refractivity contribution in [2.75, 3.05) is 39.8 Å². The van der Waals surface area contributed by atoms with Crippen molar-refractivity contribution in [2.24, 2.45) is 11.8 Å². The minimum Gasteiger partial charge on any atom is -0.345 e. The first-order valence-corrected chi connectivity index (χ1v) is 7.85. The topological polar surface area (TPSA) is 60.9 Å². The van der Waals surface area contributed by atoms with Gasteiger partial charge in [0.05, 0.1) is 5.92 Å². The van der Waals surface area contributed by atoms with Crippen LogP contribution in [0.15, 0.2) is 0 Å². The Balaban J connectivity index is 1.50. The molecule has 3 amide bonds. The molecule has 3 rings (SSSR count). The molecule has 3 heterocycles. The van der Waals surface area contributed by atoms with Crippen molar-refractivity contribution in [3.05, 3.63) is 0 Å². The molecule has 0 bridgehead atoms. The normalized spacial score (nSPS) is 30.1. The maximum Gasteiger partial charge on any atom is 0.229 e. The van der Waals surface area contributed by atoms with Gasteiger partial charge in [0.1, 0.15) is 0 Å². The van der Waals surface area contributed by atoms with Gasteiger partial charge in [-0.3, -0.25) is 14.4 Å². The molecule has 0 aromatic heterocycles. The average Bonchev–Trinajstić information content (AvgIpc) is 2.81. The molecule has 2 atom stereocenters. The second kappa shape index (κ2) is 5.66. The third-order valence-electron chi connectivity index (χ3n) is 4.86. The van der Waals surface area contributed by atoms with Crippen LogP contribution < -0.4 is 0 Å². The molecule has 3 fully saturated rings. The molecule has 6 heteroatoms. The molecule has 3 saturated heterocycles. The van der Waals surface area contributed by atoms with Gasteiger partial charge >= 0.3 is 0 Å². The molecule has 0 aliphatic carbocycles. The van der Waals surface area contributed by atoms with E-state index < -0.39 is 0 Å². The summed E-state index contributed by atoms with van der Waals surface area (Å²) in [4.78, 5) is 40.9. The number of hydrogen-bond donors (Lipinski definition) is 0. The minimum absolute atomic E-state index is 0.0191. The smallest absolute Gasteiger partial charge is 0.229 e. The first-order valence-electron chi connectivity index (χ1n) is 7.85. The van der Waals surface area contributed by atoms with E-state index in [0.29, 0.717) is 32.5 Å². The van der Waals surface area contributed by atoms with Gasteiger partial charge in [0.2, 0.25) is 17.7 Å². The van der Waals surface area contributed by atoms with E-state index in [1.54, 1.807) is 11.9 Å². The van der Waals surface area contributed by atoms with Gasteiger partial charge in [-0.2, -0.15) is 0 Å². The third kappa shape index (κ3) is 2.89. The Labute approximate surface area is 125 Å². The Hall–Kier alpha value is -1.59. The predicted octanol–water partition coefficient (Wildman–Crippen LogP) is -0.0644. The van der Waals surface area contributed by atoms with Crippen LogP contribution in [0.3, 0.4) is 0 Å². The van der Waals surface area contributed by atoms with E-state index in [9.17, 15) is 14.4 Å². The highest BCUT2D eigenvalue weighted by Gasteiger charge is 2.39. The van der Waals surface area contributed by atoms with Crippen molar-refractivity contribution < 1.29 is 14.4 Å². The van der Waals surface area contributed by atoms with Crippen LogP contribution in [0.4, 0.5) is 0 Å². The quantitative estimate of drug-likeness (QED) is 0.682. The van der Waals surface area contributed by atoms with Gasteiger partial charge in [0.25, 0.3) is 0 Å². The molecule has 0 radical (unpaired) electrons. The van der Waals surface area contributed by atoms with Crippen LogP contribution >= 0.6 is 0 Å². The summed E-state index contributed by atoms with van der Waals surface area (Å²) in [5.41, 5.74) is 0. The lowest BCUT2D eigenvalue weighted by atomic mass is 9.99. The van der Waals surface area contributed by atoms with E-state index in [-0.39, 0.29) is 29.6 Å². The van der Waals surface area contributed by atoms with E-state index in [1.807, 2.05) is 9.80 Å². The van der Waals surface area contributed by atoms with Gasteiger partial charge < -0.3 is 14.7 Å². The molecule has 21 heavy (non-hydrogen) atoms. The van der Waals surface area contributed by atoms with Crippen molar-refractivity contribution in [3.8, 4) is 0 Å². The summed E-state index contributed by atoms with van der Waals surface area (Å²) >= 11 is 0. The standard InChI is InChI=1S/C15H23N3O3/c1-16-9-12(15(16)21)10-18-8-11(6-14(18)20)7-17-5-3-2-4-13(17)19/h11-12H,2-10H2,1H3. The van der Waals surface area contributed by atoms with Crippen LogP contribution in [-0.2, 0) is 14.4 Å². The number of β-lactam (4-membered cyclic amide) rings is 1. The fraction of sp³-hybridized carbons (Fsp3) is 0.800. The minimum atomic E-state index is -0.0191. The highest BCUT2D eigenvalue weighted by atomic mass is 16.2. The van der Waals surface area contributed by atoms with Crippen molar-refractivity contribution in [1.82, 2.24) is 14.7 Å². The molecular formula is C15H23N3O3. The first-order chi connectivity index (χ1) is 10.0. The third-order valence-corrected chi connectivity index (χ3v) is 4.86. The van der Waals surface area contributed by atoms with Crippen LogP contribution in [0.1, 0.15) is 25.7 Å². The number of likely N-dealkylation sites (tertiary alicyclic amines) is 3. The number of amides is 3. The lowest BCUT2D eigenvalue weighted by Crippen LogP contribution is -2.54. The second-order valence-electron chi connectivity index (χ2n) is 6.58. The van der Waals surface area contributed by atoms with Crippen LogP contribution in [0.25, 0.3) is 0 Å². The van der Waals surface area contributed by atoms with E-state index >= 15 is 0 Å². The SMILES string of the molecule is CN1CC(CN2CC(CN3CCCCC3=O)CC2=O)C1=O. The zero-order chi connectivity index (χ0) is 15.0. The maximum atomic E-state index is 12.1. The second-order valence-corrected chi connectivity index (χ2v) is 6.58. The summed E-state index contributed by atoms with van der Waals surface area (Å²) in [5, 5.41) is 0. The molecule has 0 saturated carbocycles. The van der Waals surface area contributed by atoms with Gasteiger partial charge in [-0.25, -0.2) is 0 Å². The average molecular weight is 293 g/mol. The Morgan fingerprint density at radius 1 is 1.00 bits per heavy atom. The highest BCUT2D eigenvalue weighted by Crippen LogP contribution is 2.24. The van der Waals surface area contributed by atoms with Crippen LogP contribution in [0, 0.1) is 11.8 Å². The zero-order valence-electron chi connectivity index (χ0n) is 12.6. The van der Waals surface area contributed by atoms with Crippen molar-refractivity contribution in [3.63, 3.8) is 0 Å². The Bertz CT molecular complexity index is 465. The Morgan fingerprint density at radius 3 is 2.48 bits per heavy atom. The lowest BCUT2D eigenvalue weighted by Gasteiger charge is -2.37. The van der Waals surface area contributed by atoms with E-state index in [2.05, 4.69) is 0 Å². The summed E-state index contributed by atoms with van der Waals surface area (Å²) < 4.78 is 0. The molecule has 0 aromatic carbocycles. The molecule has 6 nitrogen and oxygen atoms in total. The van der Waals surface area contributed by atoms with Gasteiger partial charge in [0, 0.05) is 58.5 Å². The molecule has 3 aliphatic rings. The Morgan fingerprint density at radius 2 is 1.81 bits per heavy atom. The van der Waals surface area contributed by atoms with Crippen molar-refractivity contribution >= 4 is 17.7 Å². The Kier molecular flexibility index (Phi) is 3.87. The van der Waals surface area contributed by atoms with Crippen LogP contribution in [0.2, 0.25) is 0 Å². The lowest BCUT2D eigenvalue weighted by molar-refractivity contribution is -0.147. The molecular weight excluding hydrogens is 270 g/mol. The van der Waals surface area contributed by atoms with E-state index in [1.165, 1.54) is 0 Å². The fourth-order valence-corrected chi connectivity index (χ4v) is 3.62. The molecule has 0 aromatic rings. The summed E-state index contributed by atoms with van der Waals surface area (Å²) in [7, 11) is 1.79. The van der Waals surface area contributed by atoms with Gasteiger partial charge in [-0.15, -0.1) is 0 Å². The highest BCUT2D eigenvalue weighted by molar-refractivity contribution is 5.86. The van der Waals surface area contributed by atoms with Gasteiger partial charge in [-0.05, 0) is 12.8 Å². The molecule has 2 unspecified atom stereocenters.